The molecule has 0 fully saturated rings. The van der Waals surface area contributed by atoms with Gasteiger partial charge in [0.2, 0.25) is 0 Å². The summed E-state index contributed by atoms with van der Waals surface area (Å²) in [4.78, 5) is 9.41. The molecule has 0 heterocycles. The van der Waals surface area contributed by atoms with E-state index >= 15 is 0 Å². The summed E-state index contributed by atoms with van der Waals surface area (Å²) in [6.07, 6.45) is -1.74. The predicted octanol–water partition coefficient (Wildman–Crippen LogP) is -5.91. The van der Waals surface area contributed by atoms with Crippen molar-refractivity contribution in [3.63, 3.8) is 0 Å². The molecule has 1 unspecified atom stereocenters. The molecule has 0 aliphatic carbocycles. The number of aliphatic hydroxyl groups is 2. The summed E-state index contributed by atoms with van der Waals surface area (Å²) in [6, 6.07) is 0. The number of hydrogen-bond acceptors (Lipinski definition) is 4. The van der Waals surface area contributed by atoms with E-state index in [9.17, 15) is 9.90 Å². The Morgan fingerprint density at radius 3 is 2.00 bits per heavy atom. The zero-order valence-corrected chi connectivity index (χ0v) is 9.45. The zero-order valence-electron chi connectivity index (χ0n) is 5.00. The molecular weight excluding hydrogens is 214 g/mol. The molecule has 0 aromatic rings. The van der Waals surface area contributed by atoms with Crippen LogP contribution in [0.2, 0.25) is 0 Å². The first-order chi connectivity index (χ1) is 3.18. The second kappa shape index (κ2) is 9.27. The van der Waals surface area contributed by atoms with E-state index in [1.165, 1.54) is 0 Å². The predicted molar refractivity (Wildman–Crippen MR) is 18.1 cm³/mol. The van der Waals surface area contributed by atoms with Gasteiger partial charge in [-0.2, -0.15) is 0 Å². The molecule has 6 heteroatoms. The Balaban J connectivity index is -0.000000180. The third-order valence-corrected chi connectivity index (χ3v) is 0.445. The topological polar surface area (TPSA) is 80.6 Å². The Morgan fingerprint density at radius 1 is 1.67 bits per heavy atom. The van der Waals surface area contributed by atoms with Crippen molar-refractivity contribution in [2.75, 3.05) is 6.61 Å². The molecule has 1 atom stereocenters. The van der Waals surface area contributed by atoms with E-state index in [4.69, 9.17) is 10.2 Å². The minimum atomic E-state index is -1.74. The molecule has 0 aromatic heterocycles. The molecule has 0 bridgehead atoms. The number of rotatable bonds is 2. The summed E-state index contributed by atoms with van der Waals surface area (Å²) in [5.41, 5.74) is 0. The van der Waals surface area contributed by atoms with Crippen LogP contribution in [0.1, 0.15) is 0 Å². The van der Waals surface area contributed by atoms with E-state index in [-0.39, 0.29) is 55.8 Å². The van der Waals surface area contributed by atoms with E-state index in [2.05, 4.69) is 0 Å². The molecule has 0 aromatic carbocycles. The summed E-state index contributed by atoms with van der Waals surface area (Å²) in [5.74, 6) is -1.65. The van der Waals surface area contributed by atoms with Crippen molar-refractivity contribution in [2.24, 2.45) is 0 Å². The van der Waals surface area contributed by atoms with E-state index in [1.54, 1.807) is 0 Å². The quantitative estimate of drug-likeness (QED) is 0.453. The van der Waals surface area contributed by atoms with Gasteiger partial charge in [0.1, 0.15) is 6.10 Å². The number of carboxylic acid groups (broad SMARTS) is 1. The number of carbonyl (C=O) groups is 1. The first-order valence-corrected chi connectivity index (χ1v) is 1.68. The monoisotopic (exact) mass is 218 g/mol. The van der Waals surface area contributed by atoms with Gasteiger partial charge in [-0.25, -0.2) is 0 Å². The van der Waals surface area contributed by atoms with Gasteiger partial charge in [0.15, 0.2) is 0 Å². The van der Waals surface area contributed by atoms with Crippen molar-refractivity contribution in [3.05, 3.63) is 0 Å². The zero-order chi connectivity index (χ0) is 5.86. The van der Waals surface area contributed by atoms with Crippen molar-refractivity contribution in [1.29, 1.82) is 0 Å². The van der Waals surface area contributed by atoms with E-state index < -0.39 is 18.7 Å². The van der Waals surface area contributed by atoms with Crippen LogP contribution in [0.15, 0.2) is 0 Å². The van der Waals surface area contributed by atoms with Crippen LogP contribution in [0.25, 0.3) is 0 Å². The molecule has 0 amide bonds. The van der Waals surface area contributed by atoms with Crippen LogP contribution in [0, 0.1) is 0 Å². The summed E-state index contributed by atoms with van der Waals surface area (Å²) < 4.78 is 0. The van der Waals surface area contributed by atoms with Gasteiger partial charge in [-0.3, -0.25) is 0 Å². The van der Waals surface area contributed by atoms with Crippen molar-refractivity contribution in [2.45, 2.75) is 6.10 Å². The van der Waals surface area contributed by atoms with E-state index in [1.807, 2.05) is 0 Å². The average Bonchev–Trinajstić information content (AvgIpc) is 1.65. The van der Waals surface area contributed by atoms with Gasteiger partial charge in [0, 0.05) is 0 Å². The second-order valence-corrected chi connectivity index (χ2v) is 1.02. The van der Waals surface area contributed by atoms with Crippen molar-refractivity contribution in [3.8, 4) is 0 Å². The fourth-order valence-corrected chi connectivity index (χ4v) is 0.0745. The number of aliphatic carboxylic acids is 1. The largest absolute Gasteiger partial charge is 2.00 e. The molecular formula is C3H5NaO4Zr+2. The van der Waals surface area contributed by atoms with Gasteiger partial charge in [-0.05, 0) is 0 Å². The third-order valence-electron chi connectivity index (χ3n) is 0.445. The SMILES string of the molecule is O=C([O-])C(O)CO.[Na+].[Zr+2]. The molecule has 44 valence electrons. The van der Waals surface area contributed by atoms with Gasteiger partial charge < -0.3 is 20.1 Å². The average molecular weight is 219 g/mol. The Bertz CT molecular complexity index is 78.2. The number of carboxylic acids is 1. The number of aliphatic hydroxyl groups excluding tert-OH is 2. The summed E-state index contributed by atoms with van der Waals surface area (Å²) in [6.45, 7) is -0.789. The fourth-order valence-electron chi connectivity index (χ4n) is 0.0745. The van der Waals surface area contributed by atoms with Crippen LogP contribution < -0.4 is 34.7 Å². The van der Waals surface area contributed by atoms with Crippen LogP contribution in [0.5, 0.6) is 0 Å². The van der Waals surface area contributed by atoms with Crippen molar-refractivity contribution in [1.82, 2.24) is 0 Å². The molecule has 4 nitrogen and oxygen atoms in total. The van der Waals surface area contributed by atoms with Crippen LogP contribution in [0.4, 0.5) is 0 Å². The molecule has 0 aliphatic heterocycles. The molecule has 0 aliphatic rings. The molecule has 0 radical (unpaired) electrons. The van der Waals surface area contributed by atoms with Crippen molar-refractivity contribution >= 4 is 5.97 Å². The number of carbonyl (C=O) groups excluding carboxylic acids is 1. The van der Waals surface area contributed by atoms with Crippen LogP contribution in [-0.2, 0) is 31.0 Å². The normalized spacial score (nSPS) is 10.4. The van der Waals surface area contributed by atoms with Crippen molar-refractivity contribution < 1.29 is 75.9 Å². The summed E-state index contributed by atoms with van der Waals surface area (Å²) >= 11 is 0. The molecule has 9 heavy (non-hydrogen) atoms. The summed E-state index contributed by atoms with van der Waals surface area (Å²) in [7, 11) is 0. The molecule has 0 rings (SSSR count). The van der Waals surface area contributed by atoms with Gasteiger partial charge in [-0.15, -0.1) is 0 Å². The maximum atomic E-state index is 9.41. The number of hydrogen-bond donors (Lipinski definition) is 2. The second-order valence-electron chi connectivity index (χ2n) is 1.02. The first-order valence-electron chi connectivity index (χ1n) is 1.68. The van der Waals surface area contributed by atoms with Crippen LogP contribution in [0.3, 0.4) is 0 Å². The van der Waals surface area contributed by atoms with Crippen LogP contribution in [-0.4, -0.2) is 28.9 Å². The van der Waals surface area contributed by atoms with E-state index in [0.29, 0.717) is 0 Å². The third kappa shape index (κ3) is 9.27. The minimum Gasteiger partial charge on any atom is -0.547 e. The Kier molecular flexibility index (Phi) is 17.2. The Morgan fingerprint density at radius 2 is 2.00 bits per heavy atom. The fraction of sp³-hybridized carbons (Fsp3) is 0.667. The van der Waals surface area contributed by atoms with Gasteiger partial charge in [0.25, 0.3) is 0 Å². The Hall–Kier alpha value is 1.27. The van der Waals surface area contributed by atoms with Gasteiger partial charge >= 0.3 is 55.8 Å². The maximum Gasteiger partial charge on any atom is 2.00 e. The molecule has 0 saturated carbocycles. The van der Waals surface area contributed by atoms with Gasteiger partial charge in [-0.1, -0.05) is 0 Å². The molecule has 0 spiro atoms. The minimum absolute atomic E-state index is 0. The Labute approximate surface area is 93.7 Å². The maximum absolute atomic E-state index is 9.41. The summed E-state index contributed by atoms with van der Waals surface area (Å²) in [5, 5.41) is 25.3. The smallest absolute Gasteiger partial charge is 0.547 e. The molecule has 2 N–H and O–H groups in total. The molecule has 0 saturated heterocycles. The van der Waals surface area contributed by atoms with E-state index in [0.717, 1.165) is 0 Å². The first kappa shape index (κ1) is 16.7. The van der Waals surface area contributed by atoms with Crippen LogP contribution >= 0.6 is 0 Å². The van der Waals surface area contributed by atoms with Gasteiger partial charge in [0.05, 0.1) is 12.6 Å². The standard InChI is InChI=1S/C3H6O4.Na.Zr/c4-1-2(5)3(6)7;;/h2,4-5H,1H2,(H,6,7);;/q;+1;+2/p-1.